The molecule has 23 heavy (non-hydrogen) atoms. The molecule has 6 nitrogen and oxygen atoms in total. The highest BCUT2D eigenvalue weighted by Gasteiger charge is 2.17. The van der Waals surface area contributed by atoms with Crippen molar-refractivity contribution in [1.82, 2.24) is 25.0 Å². The second kappa shape index (κ2) is 8.31. The van der Waals surface area contributed by atoms with E-state index < -0.39 is 0 Å². The molecule has 0 atom stereocenters. The van der Waals surface area contributed by atoms with E-state index in [0.29, 0.717) is 6.54 Å². The number of guanidine groups is 1. The molecular weight excluding hydrogens is 288 g/mol. The monoisotopic (exact) mass is 318 g/mol. The van der Waals surface area contributed by atoms with Crippen LogP contribution in [-0.2, 0) is 19.5 Å². The third-order valence-corrected chi connectivity index (χ3v) is 4.78. The van der Waals surface area contributed by atoms with Gasteiger partial charge in [-0.25, -0.2) is 4.99 Å². The number of aromatic nitrogens is 3. The molecule has 0 unspecified atom stereocenters. The van der Waals surface area contributed by atoms with Crippen LogP contribution >= 0.6 is 0 Å². The van der Waals surface area contributed by atoms with Crippen LogP contribution in [0.25, 0.3) is 0 Å². The van der Waals surface area contributed by atoms with Crippen molar-refractivity contribution in [1.29, 1.82) is 0 Å². The van der Waals surface area contributed by atoms with E-state index >= 15 is 0 Å². The molecule has 6 heteroatoms. The highest BCUT2D eigenvalue weighted by atomic mass is 15.3. The lowest BCUT2D eigenvalue weighted by atomic mass is 10.2. The van der Waals surface area contributed by atoms with E-state index in [1.807, 2.05) is 0 Å². The molecule has 0 radical (unpaired) electrons. The highest BCUT2D eigenvalue weighted by Crippen LogP contribution is 2.15. The Labute approximate surface area is 139 Å². The molecule has 128 valence electrons. The predicted octanol–water partition coefficient (Wildman–Crippen LogP) is 2.35. The summed E-state index contributed by atoms with van der Waals surface area (Å²) in [6, 6.07) is 0. The molecule has 1 aromatic heterocycles. The van der Waals surface area contributed by atoms with Gasteiger partial charge in [-0.3, -0.25) is 0 Å². The minimum atomic E-state index is 0.637. The third kappa shape index (κ3) is 4.24. The number of likely N-dealkylation sites (tertiary alicyclic amines) is 1. The number of aryl methyl sites for hydroxylation is 1. The van der Waals surface area contributed by atoms with E-state index in [-0.39, 0.29) is 0 Å². The number of fused-ring (bicyclic) bond motifs is 1. The summed E-state index contributed by atoms with van der Waals surface area (Å²) in [5.74, 6) is 3.23. The van der Waals surface area contributed by atoms with Crippen molar-refractivity contribution >= 4 is 5.96 Å². The number of aliphatic imine (C=N–C) groups is 1. The molecule has 3 heterocycles. The van der Waals surface area contributed by atoms with Crippen LogP contribution in [0, 0.1) is 0 Å². The molecule has 2 aliphatic rings. The largest absolute Gasteiger partial charge is 0.356 e. The Morgan fingerprint density at radius 1 is 1.09 bits per heavy atom. The number of nitrogens with one attached hydrogen (secondary N) is 1. The lowest BCUT2D eigenvalue weighted by molar-refractivity contribution is 0.488. The van der Waals surface area contributed by atoms with Crippen LogP contribution < -0.4 is 5.32 Å². The molecule has 1 fully saturated rings. The van der Waals surface area contributed by atoms with Gasteiger partial charge in [0, 0.05) is 32.6 Å². The fourth-order valence-corrected chi connectivity index (χ4v) is 3.38. The molecule has 0 aliphatic carbocycles. The smallest absolute Gasteiger partial charge is 0.194 e. The molecule has 0 spiro atoms. The molecule has 3 rings (SSSR count). The fraction of sp³-hybridized carbons (Fsp3) is 0.824. The molecule has 0 bridgehead atoms. The Bertz CT molecular complexity index is 515. The highest BCUT2D eigenvalue weighted by molar-refractivity contribution is 5.80. The zero-order valence-electron chi connectivity index (χ0n) is 14.4. The maximum absolute atomic E-state index is 4.87. The summed E-state index contributed by atoms with van der Waals surface area (Å²) in [5.41, 5.74) is 0. The van der Waals surface area contributed by atoms with Gasteiger partial charge >= 0.3 is 0 Å². The number of nitrogens with zero attached hydrogens (tertiary/aromatic N) is 5. The summed E-state index contributed by atoms with van der Waals surface area (Å²) in [5, 5.41) is 12.3. The van der Waals surface area contributed by atoms with Crippen LogP contribution in [0.5, 0.6) is 0 Å². The first-order chi connectivity index (χ1) is 11.4. The van der Waals surface area contributed by atoms with E-state index in [1.165, 1.54) is 44.9 Å². The van der Waals surface area contributed by atoms with Gasteiger partial charge in [0.2, 0.25) is 0 Å². The number of hydrogen-bond donors (Lipinski definition) is 1. The topological polar surface area (TPSA) is 58.3 Å². The van der Waals surface area contributed by atoms with Crippen LogP contribution in [0.2, 0.25) is 0 Å². The molecule has 1 aromatic rings. The van der Waals surface area contributed by atoms with Gasteiger partial charge in [-0.05, 0) is 32.1 Å². The van der Waals surface area contributed by atoms with Crippen molar-refractivity contribution < 1.29 is 0 Å². The number of hydrogen-bond acceptors (Lipinski definition) is 3. The minimum Gasteiger partial charge on any atom is -0.356 e. The van der Waals surface area contributed by atoms with Crippen LogP contribution in [0.15, 0.2) is 4.99 Å². The van der Waals surface area contributed by atoms with Crippen LogP contribution in [-0.4, -0.2) is 45.3 Å². The second-order valence-electron chi connectivity index (χ2n) is 6.61. The zero-order valence-corrected chi connectivity index (χ0v) is 14.4. The van der Waals surface area contributed by atoms with Gasteiger partial charge in [-0.15, -0.1) is 10.2 Å². The molecule has 0 saturated carbocycles. The van der Waals surface area contributed by atoms with Gasteiger partial charge < -0.3 is 14.8 Å². The Morgan fingerprint density at radius 2 is 1.91 bits per heavy atom. The van der Waals surface area contributed by atoms with Crippen molar-refractivity contribution in [3.63, 3.8) is 0 Å². The van der Waals surface area contributed by atoms with Gasteiger partial charge in [-0.2, -0.15) is 0 Å². The Hall–Kier alpha value is -1.59. The SMILES string of the molecule is CCCCNC(=NCc1nnc2n1CCCCC2)N1CCCC1. The average molecular weight is 318 g/mol. The number of unbranched alkanes of at least 4 members (excludes halogenated alkanes) is 1. The summed E-state index contributed by atoms with van der Waals surface area (Å²) < 4.78 is 2.30. The van der Waals surface area contributed by atoms with E-state index in [0.717, 1.165) is 50.2 Å². The summed E-state index contributed by atoms with van der Waals surface area (Å²) in [6.45, 7) is 7.16. The standard InChI is InChI=1S/C17H30N6/c1-2-3-10-18-17(22-11-7-8-12-22)19-14-16-21-20-15-9-5-4-6-13-23(15)16/h2-14H2,1H3,(H,18,19). The van der Waals surface area contributed by atoms with Crippen molar-refractivity contribution in [2.45, 2.75) is 71.4 Å². The lowest BCUT2D eigenvalue weighted by Crippen LogP contribution is -2.40. The summed E-state index contributed by atoms with van der Waals surface area (Å²) in [4.78, 5) is 7.25. The molecule has 1 saturated heterocycles. The van der Waals surface area contributed by atoms with E-state index in [1.54, 1.807) is 0 Å². The minimum absolute atomic E-state index is 0.637. The van der Waals surface area contributed by atoms with E-state index in [4.69, 9.17) is 4.99 Å². The first kappa shape index (κ1) is 16.3. The predicted molar refractivity (Wildman–Crippen MR) is 92.4 cm³/mol. The first-order valence-electron chi connectivity index (χ1n) is 9.32. The normalized spacial score (nSPS) is 18.8. The molecule has 0 aromatic carbocycles. The van der Waals surface area contributed by atoms with E-state index in [2.05, 4.69) is 31.9 Å². The van der Waals surface area contributed by atoms with Crippen LogP contribution in [0.3, 0.4) is 0 Å². The third-order valence-electron chi connectivity index (χ3n) is 4.78. The summed E-state index contributed by atoms with van der Waals surface area (Å²) in [7, 11) is 0. The van der Waals surface area contributed by atoms with Gasteiger partial charge in [0.25, 0.3) is 0 Å². The van der Waals surface area contributed by atoms with E-state index in [9.17, 15) is 0 Å². The van der Waals surface area contributed by atoms with Gasteiger partial charge in [0.05, 0.1) is 0 Å². The van der Waals surface area contributed by atoms with Crippen LogP contribution in [0.1, 0.15) is 63.5 Å². The zero-order chi connectivity index (χ0) is 15.9. The summed E-state index contributed by atoms with van der Waals surface area (Å²) in [6.07, 6.45) is 9.76. The van der Waals surface area contributed by atoms with Gasteiger partial charge in [0.15, 0.2) is 11.8 Å². The Kier molecular flexibility index (Phi) is 5.88. The van der Waals surface area contributed by atoms with Gasteiger partial charge in [0.1, 0.15) is 12.4 Å². The first-order valence-corrected chi connectivity index (χ1v) is 9.32. The molecule has 1 N–H and O–H groups in total. The molecular formula is C17H30N6. The number of rotatable bonds is 5. The Morgan fingerprint density at radius 3 is 2.74 bits per heavy atom. The van der Waals surface area contributed by atoms with Crippen molar-refractivity contribution in [3.05, 3.63) is 11.6 Å². The molecule has 0 amide bonds. The maximum atomic E-state index is 4.87. The van der Waals surface area contributed by atoms with Crippen molar-refractivity contribution in [2.75, 3.05) is 19.6 Å². The quantitative estimate of drug-likeness (QED) is 0.514. The second-order valence-corrected chi connectivity index (χ2v) is 6.61. The Balaban J connectivity index is 1.68. The van der Waals surface area contributed by atoms with Crippen molar-refractivity contribution in [2.24, 2.45) is 4.99 Å². The average Bonchev–Trinajstić information content (AvgIpc) is 3.16. The lowest BCUT2D eigenvalue weighted by Gasteiger charge is -2.21. The van der Waals surface area contributed by atoms with Gasteiger partial charge in [-0.1, -0.05) is 19.8 Å². The van der Waals surface area contributed by atoms with Crippen LogP contribution in [0.4, 0.5) is 0 Å². The fourth-order valence-electron chi connectivity index (χ4n) is 3.38. The van der Waals surface area contributed by atoms with Crippen molar-refractivity contribution in [3.8, 4) is 0 Å². The summed E-state index contributed by atoms with van der Waals surface area (Å²) >= 11 is 0. The maximum Gasteiger partial charge on any atom is 0.194 e. The molecule has 2 aliphatic heterocycles.